The summed E-state index contributed by atoms with van der Waals surface area (Å²) in [4.78, 5) is 38.0. The summed E-state index contributed by atoms with van der Waals surface area (Å²) < 4.78 is 13.2. The molecule has 0 atom stereocenters. The van der Waals surface area contributed by atoms with E-state index in [1.165, 1.54) is 12.1 Å². The summed E-state index contributed by atoms with van der Waals surface area (Å²) in [5.41, 5.74) is 5.15. The second kappa shape index (κ2) is 10.7. The van der Waals surface area contributed by atoms with E-state index in [9.17, 15) is 14.0 Å². The Balaban J connectivity index is 1.36. The van der Waals surface area contributed by atoms with Gasteiger partial charge in [-0.05, 0) is 55.3 Å². The molecule has 0 radical (unpaired) electrons. The van der Waals surface area contributed by atoms with Gasteiger partial charge in [0.15, 0.2) is 0 Å². The number of rotatable bonds is 7. The van der Waals surface area contributed by atoms with Crippen LogP contribution in [0, 0.1) is 5.82 Å². The number of carbonyl (C=O) groups is 2. The van der Waals surface area contributed by atoms with E-state index in [-0.39, 0.29) is 18.1 Å². The fraction of sp³-hybridized carbons (Fsp3) is 0.241. The van der Waals surface area contributed by atoms with Crippen molar-refractivity contribution in [2.24, 2.45) is 0 Å². The lowest BCUT2D eigenvalue weighted by Gasteiger charge is -2.36. The molecule has 1 aromatic heterocycles. The summed E-state index contributed by atoms with van der Waals surface area (Å²) in [6.07, 6.45) is 0.978. The van der Waals surface area contributed by atoms with Gasteiger partial charge < -0.3 is 14.9 Å². The molecule has 5 rings (SSSR count). The van der Waals surface area contributed by atoms with Crippen molar-refractivity contribution in [1.29, 1.82) is 0 Å². The standard InChI is InChI=1S/C29H27FN4O3/c30-22-10-12-23(13-11-22)33-15-17-34(18-16-33)29(37)21-9-14-24-26(19-21)31-25(7-4-8-27(35)36)28(32-24)20-5-2-1-3-6-20/h1-3,5-6,9-14,19H,4,7-8,15-18H2,(H,35,36). The minimum Gasteiger partial charge on any atom is -0.481 e. The summed E-state index contributed by atoms with van der Waals surface area (Å²) in [6.45, 7) is 2.46. The van der Waals surface area contributed by atoms with E-state index in [0.29, 0.717) is 55.6 Å². The summed E-state index contributed by atoms with van der Waals surface area (Å²) in [7, 11) is 0. The van der Waals surface area contributed by atoms with Crippen molar-refractivity contribution in [2.45, 2.75) is 19.3 Å². The lowest BCUT2D eigenvalue weighted by atomic mass is 10.0. The van der Waals surface area contributed by atoms with Crippen LogP contribution >= 0.6 is 0 Å². The van der Waals surface area contributed by atoms with Crippen molar-refractivity contribution in [1.82, 2.24) is 14.9 Å². The fourth-order valence-corrected chi connectivity index (χ4v) is 4.63. The maximum Gasteiger partial charge on any atom is 0.303 e. The highest BCUT2D eigenvalue weighted by molar-refractivity contribution is 5.97. The summed E-state index contributed by atoms with van der Waals surface area (Å²) in [5.74, 6) is -1.18. The molecule has 0 aliphatic carbocycles. The number of amides is 1. The van der Waals surface area contributed by atoms with Gasteiger partial charge in [0.1, 0.15) is 5.82 Å². The molecule has 188 valence electrons. The third-order valence-electron chi connectivity index (χ3n) is 6.59. The van der Waals surface area contributed by atoms with Crippen molar-refractivity contribution in [3.8, 4) is 11.3 Å². The molecule has 37 heavy (non-hydrogen) atoms. The highest BCUT2D eigenvalue weighted by atomic mass is 19.1. The Labute approximate surface area is 214 Å². The minimum atomic E-state index is -0.845. The largest absolute Gasteiger partial charge is 0.481 e. The van der Waals surface area contributed by atoms with Gasteiger partial charge in [-0.2, -0.15) is 0 Å². The van der Waals surface area contributed by atoms with Crippen molar-refractivity contribution in [2.75, 3.05) is 31.1 Å². The van der Waals surface area contributed by atoms with Gasteiger partial charge in [-0.15, -0.1) is 0 Å². The van der Waals surface area contributed by atoms with Crippen LogP contribution in [0.3, 0.4) is 0 Å². The summed E-state index contributed by atoms with van der Waals surface area (Å²) >= 11 is 0. The first-order valence-electron chi connectivity index (χ1n) is 12.4. The molecule has 7 nitrogen and oxygen atoms in total. The Bertz CT molecular complexity index is 1420. The Morgan fingerprint density at radius 3 is 2.30 bits per heavy atom. The average Bonchev–Trinajstić information content (AvgIpc) is 2.93. The lowest BCUT2D eigenvalue weighted by Crippen LogP contribution is -2.48. The predicted octanol–water partition coefficient (Wildman–Crippen LogP) is 4.81. The van der Waals surface area contributed by atoms with Crippen molar-refractivity contribution >= 4 is 28.6 Å². The van der Waals surface area contributed by atoms with E-state index < -0.39 is 5.97 Å². The van der Waals surface area contributed by atoms with Crippen LogP contribution in [0.25, 0.3) is 22.3 Å². The number of nitrogens with zero attached hydrogens (tertiary/aromatic N) is 4. The van der Waals surface area contributed by atoms with Crippen molar-refractivity contribution < 1.29 is 19.1 Å². The average molecular weight is 499 g/mol. The van der Waals surface area contributed by atoms with Gasteiger partial charge in [-0.1, -0.05) is 30.3 Å². The number of carboxylic acid groups (broad SMARTS) is 1. The molecule has 8 heteroatoms. The number of hydrogen-bond acceptors (Lipinski definition) is 5. The SMILES string of the molecule is O=C(O)CCCc1nc2cc(C(=O)N3CCN(c4ccc(F)cc4)CC3)ccc2nc1-c1ccccc1. The van der Waals surface area contributed by atoms with E-state index in [1.54, 1.807) is 24.3 Å². The van der Waals surface area contributed by atoms with E-state index in [2.05, 4.69) is 4.90 Å². The Hall–Kier alpha value is -4.33. The van der Waals surface area contributed by atoms with Crippen LogP contribution in [0.1, 0.15) is 28.9 Å². The Kier molecular flexibility index (Phi) is 7.07. The highest BCUT2D eigenvalue weighted by Gasteiger charge is 2.23. The number of anilines is 1. The number of aliphatic carboxylic acids is 1. The first-order chi connectivity index (χ1) is 18.0. The molecule has 0 saturated carbocycles. The molecule has 1 aliphatic rings. The van der Waals surface area contributed by atoms with Crippen LogP contribution in [0.4, 0.5) is 10.1 Å². The van der Waals surface area contributed by atoms with Gasteiger partial charge in [0.05, 0.1) is 22.4 Å². The number of carboxylic acids is 1. The maximum atomic E-state index is 13.3. The summed E-state index contributed by atoms with van der Waals surface area (Å²) in [6, 6.07) is 21.5. The molecular weight excluding hydrogens is 471 g/mol. The minimum absolute atomic E-state index is 0.0520. The molecule has 2 heterocycles. The second-order valence-electron chi connectivity index (χ2n) is 9.09. The fourth-order valence-electron chi connectivity index (χ4n) is 4.63. The molecule has 1 aliphatic heterocycles. The molecular formula is C29H27FN4O3. The van der Waals surface area contributed by atoms with Crippen LogP contribution in [0.15, 0.2) is 72.8 Å². The van der Waals surface area contributed by atoms with Gasteiger partial charge in [-0.25, -0.2) is 14.4 Å². The first-order valence-corrected chi connectivity index (χ1v) is 12.4. The van der Waals surface area contributed by atoms with E-state index in [1.807, 2.05) is 41.3 Å². The quantitative estimate of drug-likeness (QED) is 0.394. The van der Waals surface area contributed by atoms with E-state index in [4.69, 9.17) is 15.1 Å². The van der Waals surface area contributed by atoms with Gasteiger partial charge in [0.2, 0.25) is 0 Å². The number of carbonyl (C=O) groups excluding carboxylic acids is 1. The van der Waals surface area contributed by atoms with Crippen LogP contribution < -0.4 is 4.90 Å². The van der Waals surface area contributed by atoms with Gasteiger partial charge in [-0.3, -0.25) is 9.59 Å². The number of benzene rings is 3. The zero-order valence-corrected chi connectivity index (χ0v) is 20.3. The number of aryl methyl sites for hydroxylation is 1. The third kappa shape index (κ3) is 5.58. The Morgan fingerprint density at radius 2 is 1.59 bits per heavy atom. The van der Waals surface area contributed by atoms with Gasteiger partial charge >= 0.3 is 5.97 Å². The molecule has 1 amide bonds. The number of fused-ring (bicyclic) bond motifs is 1. The van der Waals surface area contributed by atoms with Crippen LogP contribution in [0.2, 0.25) is 0 Å². The van der Waals surface area contributed by atoms with Gasteiger partial charge in [0, 0.05) is 49.4 Å². The molecule has 1 fully saturated rings. The van der Waals surface area contributed by atoms with Gasteiger partial charge in [0.25, 0.3) is 5.91 Å². The topological polar surface area (TPSA) is 86.6 Å². The number of hydrogen-bond donors (Lipinski definition) is 1. The number of piperazine rings is 1. The molecule has 0 unspecified atom stereocenters. The third-order valence-corrected chi connectivity index (χ3v) is 6.59. The zero-order valence-electron chi connectivity index (χ0n) is 20.3. The lowest BCUT2D eigenvalue weighted by molar-refractivity contribution is -0.137. The molecule has 3 aromatic carbocycles. The van der Waals surface area contributed by atoms with Crippen LogP contribution in [-0.2, 0) is 11.2 Å². The van der Waals surface area contributed by atoms with E-state index >= 15 is 0 Å². The normalized spacial score (nSPS) is 13.6. The molecule has 1 N–H and O–H groups in total. The number of aromatic nitrogens is 2. The predicted molar refractivity (Wildman–Crippen MR) is 140 cm³/mol. The van der Waals surface area contributed by atoms with Crippen LogP contribution in [0.5, 0.6) is 0 Å². The van der Waals surface area contributed by atoms with E-state index in [0.717, 1.165) is 22.6 Å². The smallest absolute Gasteiger partial charge is 0.303 e. The number of halogens is 1. The maximum absolute atomic E-state index is 13.3. The van der Waals surface area contributed by atoms with Crippen molar-refractivity contribution in [3.63, 3.8) is 0 Å². The zero-order chi connectivity index (χ0) is 25.8. The Morgan fingerprint density at radius 1 is 0.865 bits per heavy atom. The first kappa shape index (κ1) is 24.4. The van der Waals surface area contributed by atoms with Crippen molar-refractivity contribution in [3.05, 3.63) is 89.9 Å². The monoisotopic (exact) mass is 498 g/mol. The molecule has 0 bridgehead atoms. The molecule has 4 aromatic rings. The molecule has 0 spiro atoms. The highest BCUT2D eigenvalue weighted by Crippen LogP contribution is 2.26. The second-order valence-corrected chi connectivity index (χ2v) is 9.09. The summed E-state index contributed by atoms with van der Waals surface area (Å²) in [5, 5.41) is 9.07. The van der Waals surface area contributed by atoms with Crippen LogP contribution in [-0.4, -0.2) is 58.0 Å². The molecule has 1 saturated heterocycles.